The van der Waals surface area contributed by atoms with Crippen LogP contribution in [0.5, 0.6) is 11.5 Å². The molecule has 0 spiro atoms. The number of hydrogen-bond acceptors (Lipinski definition) is 6. The molecule has 0 fully saturated rings. The van der Waals surface area contributed by atoms with Crippen LogP contribution in [0.3, 0.4) is 0 Å². The third kappa shape index (κ3) is 4.82. The van der Waals surface area contributed by atoms with Gasteiger partial charge in [-0.2, -0.15) is 0 Å². The van der Waals surface area contributed by atoms with Gasteiger partial charge in [0.05, 0.1) is 36.1 Å². The van der Waals surface area contributed by atoms with E-state index in [4.69, 9.17) is 9.47 Å². The molecule has 4 aromatic rings. The molecule has 5 rings (SSSR count). The fraction of sp³-hybridized carbons (Fsp3) is 0.200. The van der Waals surface area contributed by atoms with Crippen molar-refractivity contribution in [2.24, 2.45) is 0 Å². The van der Waals surface area contributed by atoms with Crippen LogP contribution in [-0.4, -0.2) is 47.0 Å². The normalized spacial score (nSPS) is 14.0. The molecule has 0 bridgehead atoms. The second kappa shape index (κ2) is 10.9. The minimum atomic E-state index is -3.93. The van der Waals surface area contributed by atoms with Crippen LogP contribution < -0.4 is 24.4 Å². The van der Waals surface area contributed by atoms with Crippen molar-refractivity contribution < 1.29 is 27.5 Å². The molecule has 0 radical (unpaired) electrons. The number of amides is 2. The highest BCUT2D eigenvalue weighted by Gasteiger charge is 2.41. The first-order chi connectivity index (χ1) is 19.3. The predicted octanol–water partition coefficient (Wildman–Crippen LogP) is 4.37. The maximum Gasteiger partial charge on any atom is 0.265 e. The third-order valence-electron chi connectivity index (χ3n) is 6.93. The molecule has 0 unspecified atom stereocenters. The number of para-hydroxylation sites is 1. The first kappa shape index (κ1) is 27.0. The molecule has 0 saturated heterocycles. The van der Waals surface area contributed by atoms with E-state index < -0.39 is 22.0 Å². The van der Waals surface area contributed by atoms with E-state index in [0.29, 0.717) is 35.5 Å². The average molecular weight is 560 g/mol. The Balaban J connectivity index is 1.29. The molecule has 206 valence electrons. The maximum atomic E-state index is 13.4. The van der Waals surface area contributed by atoms with Crippen LogP contribution >= 0.6 is 0 Å². The lowest BCUT2D eigenvalue weighted by Gasteiger charge is -2.25. The van der Waals surface area contributed by atoms with Gasteiger partial charge < -0.3 is 20.1 Å². The standard InChI is InChI=1S/C30H29N3O6S/c1-19(33-24-12-6-8-21-9-7-13-27(28(21)24)40(33,36)37)29(34)32-23-11-5-4-10-22(23)30(35)31-17-16-20-14-15-25(38-2)26(18-20)39-3/h4-15,18-19H,16-17H2,1-3H3,(H,31,35)(H,32,34)/t19-/m1/s1. The van der Waals surface area contributed by atoms with Gasteiger partial charge in [0.15, 0.2) is 11.5 Å². The van der Waals surface area contributed by atoms with Gasteiger partial charge in [0.1, 0.15) is 6.04 Å². The summed E-state index contributed by atoms with van der Waals surface area (Å²) in [6.45, 7) is 1.88. The van der Waals surface area contributed by atoms with Crippen LogP contribution in [0.1, 0.15) is 22.8 Å². The summed E-state index contributed by atoms with van der Waals surface area (Å²) < 4.78 is 38.6. The van der Waals surface area contributed by atoms with Crippen molar-refractivity contribution in [3.05, 3.63) is 90.0 Å². The van der Waals surface area contributed by atoms with E-state index >= 15 is 0 Å². The van der Waals surface area contributed by atoms with Crippen molar-refractivity contribution in [2.75, 3.05) is 30.4 Å². The highest BCUT2D eigenvalue weighted by Crippen LogP contribution is 2.43. The van der Waals surface area contributed by atoms with Gasteiger partial charge in [-0.05, 0) is 60.7 Å². The summed E-state index contributed by atoms with van der Waals surface area (Å²) in [7, 11) is -0.802. The lowest BCUT2D eigenvalue weighted by Crippen LogP contribution is -2.44. The molecule has 0 aromatic heterocycles. The maximum absolute atomic E-state index is 13.4. The second-order valence-electron chi connectivity index (χ2n) is 9.34. The van der Waals surface area contributed by atoms with Gasteiger partial charge in [-0.15, -0.1) is 0 Å². The molecule has 9 nitrogen and oxygen atoms in total. The predicted molar refractivity (Wildman–Crippen MR) is 154 cm³/mol. The summed E-state index contributed by atoms with van der Waals surface area (Å²) in [5.41, 5.74) is 1.97. The third-order valence-corrected chi connectivity index (χ3v) is 8.85. The van der Waals surface area contributed by atoms with Crippen molar-refractivity contribution in [1.29, 1.82) is 0 Å². The molecule has 1 atom stereocenters. The first-order valence-corrected chi connectivity index (χ1v) is 14.2. The topological polar surface area (TPSA) is 114 Å². The quantitative estimate of drug-likeness (QED) is 0.315. The van der Waals surface area contributed by atoms with Crippen LogP contribution in [-0.2, 0) is 21.2 Å². The Morgan fingerprint density at radius 1 is 0.900 bits per heavy atom. The molecular weight excluding hydrogens is 530 g/mol. The Labute approximate surface area is 232 Å². The Hall–Kier alpha value is -4.57. The highest BCUT2D eigenvalue weighted by molar-refractivity contribution is 7.93. The lowest BCUT2D eigenvalue weighted by atomic mass is 10.1. The van der Waals surface area contributed by atoms with E-state index in [2.05, 4.69) is 10.6 Å². The summed E-state index contributed by atoms with van der Waals surface area (Å²) in [5, 5.41) is 7.02. The zero-order chi connectivity index (χ0) is 28.4. The van der Waals surface area contributed by atoms with E-state index in [-0.39, 0.29) is 22.1 Å². The van der Waals surface area contributed by atoms with Crippen LogP contribution in [0, 0.1) is 0 Å². The van der Waals surface area contributed by atoms with E-state index in [9.17, 15) is 18.0 Å². The van der Waals surface area contributed by atoms with Crippen molar-refractivity contribution in [2.45, 2.75) is 24.3 Å². The van der Waals surface area contributed by atoms with Crippen LogP contribution in [0.2, 0.25) is 0 Å². The Morgan fingerprint density at radius 2 is 1.62 bits per heavy atom. The van der Waals surface area contributed by atoms with Crippen molar-refractivity contribution >= 4 is 44.0 Å². The van der Waals surface area contributed by atoms with Crippen molar-refractivity contribution in [1.82, 2.24) is 5.32 Å². The number of methoxy groups -OCH3 is 2. The lowest BCUT2D eigenvalue weighted by molar-refractivity contribution is -0.116. The van der Waals surface area contributed by atoms with Gasteiger partial charge in [0, 0.05) is 11.9 Å². The minimum absolute atomic E-state index is 0.175. The Bertz CT molecular complexity index is 1710. The number of nitrogens with zero attached hydrogens (tertiary/aromatic N) is 1. The zero-order valence-electron chi connectivity index (χ0n) is 22.3. The Kier molecular flexibility index (Phi) is 7.36. The molecule has 10 heteroatoms. The number of nitrogens with one attached hydrogen (secondary N) is 2. The number of sulfonamides is 1. The van der Waals surface area contributed by atoms with Gasteiger partial charge in [0.25, 0.3) is 15.9 Å². The van der Waals surface area contributed by atoms with Gasteiger partial charge >= 0.3 is 0 Å². The Morgan fingerprint density at radius 3 is 2.38 bits per heavy atom. The molecule has 40 heavy (non-hydrogen) atoms. The number of carbonyl (C=O) groups is 2. The summed E-state index contributed by atoms with van der Waals surface area (Å²) >= 11 is 0. The van der Waals surface area contributed by atoms with E-state index in [0.717, 1.165) is 15.3 Å². The summed E-state index contributed by atoms with van der Waals surface area (Å²) in [6.07, 6.45) is 0.552. The summed E-state index contributed by atoms with van der Waals surface area (Å²) in [6, 6.07) is 21.5. The van der Waals surface area contributed by atoms with Crippen LogP contribution in [0.15, 0.2) is 83.8 Å². The van der Waals surface area contributed by atoms with E-state index in [1.807, 2.05) is 30.3 Å². The number of carbonyl (C=O) groups excluding carboxylic acids is 2. The smallest absolute Gasteiger partial charge is 0.265 e. The number of rotatable bonds is 9. The average Bonchev–Trinajstić information content (AvgIpc) is 3.20. The summed E-state index contributed by atoms with van der Waals surface area (Å²) in [4.78, 5) is 26.6. The molecule has 0 aliphatic carbocycles. The van der Waals surface area contributed by atoms with Gasteiger partial charge in [-0.3, -0.25) is 13.9 Å². The van der Waals surface area contributed by atoms with Crippen molar-refractivity contribution in [3.63, 3.8) is 0 Å². The minimum Gasteiger partial charge on any atom is -0.493 e. The zero-order valence-corrected chi connectivity index (χ0v) is 23.1. The molecule has 2 amide bonds. The molecule has 0 saturated carbocycles. The van der Waals surface area contributed by atoms with Crippen molar-refractivity contribution in [3.8, 4) is 11.5 Å². The number of hydrogen-bond donors (Lipinski definition) is 2. The molecule has 1 aliphatic heterocycles. The number of anilines is 2. The number of ether oxygens (including phenoxy) is 2. The van der Waals surface area contributed by atoms with Gasteiger partial charge in [-0.1, -0.05) is 42.5 Å². The van der Waals surface area contributed by atoms with E-state index in [1.165, 1.54) is 6.92 Å². The van der Waals surface area contributed by atoms with E-state index in [1.54, 1.807) is 62.8 Å². The monoisotopic (exact) mass is 559 g/mol. The largest absolute Gasteiger partial charge is 0.493 e. The van der Waals surface area contributed by atoms with Gasteiger partial charge in [-0.25, -0.2) is 8.42 Å². The molecule has 1 heterocycles. The fourth-order valence-electron chi connectivity index (χ4n) is 4.92. The first-order valence-electron chi connectivity index (χ1n) is 12.7. The second-order valence-corrected chi connectivity index (χ2v) is 11.1. The fourth-order valence-corrected chi connectivity index (χ4v) is 6.79. The molecule has 4 aromatic carbocycles. The molecule has 2 N–H and O–H groups in total. The highest BCUT2D eigenvalue weighted by atomic mass is 32.2. The molecule has 1 aliphatic rings. The summed E-state index contributed by atoms with van der Waals surface area (Å²) in [5.74, 6) is 0.304. The van der Waals surface area contributed by atoms with Crippen LogP contribution in [0.4, 0.5) is 11.4 Å². The van der Waals surface area contributed by atoms with Crippen LogP contribution in [0.25, 0.3) is 10.8 Å². The molecular formula is C30H29N3O6S. The SMILES string of the molecule is COc1ccc(CCNC(=O)c2ccccc2NC(=O)[C@@H](C)N2c3cccc4cccc(c34)S2(=O)=O)cc1OC. The number of benzene rings is 4. The van der Waals surface area contributed by atoms with Gasteiger partial charge in [0.2, 0.25) is 5.91 Å².